The molecule has 0 spiro atoms. The Bertz CT molecular complexity index is 525. The van der Waals surface area contributed by atoms with E-state index >= 15 is 0 Å². The molecule has 0 unspecified atom stereocenters. The molecule has 6 heteroatoms. The lowest BCUT2D eigenvalue weighted by Crippen LogP contribution is -2.59. The molecule has 0 aromatic heterocycles. The van der Waals surface area contributed by atoms with Crippen molar-refractivity contribution in [1.29, 1.82) is 0 Å². The first-order valence-electron chi connectivity index (χ1n) is 7.04. The van der Waals surface area contributed by atoms with Gasteiger partial charge in [0.1, 0.15) is 0 Å². The molecule has 1 aliphatic heterocycles. The van der Waals surface area contributed by atoms with Crippen LogP contribution in [0, 0.1) is 0 Å². The van der Waals surface area contributed by atoms with Gasteiger partial charge < -0.3 is 16.4 Å². The fourth-order valence-electron chi connectivity index (χ4n) is 2.41. The molecule has 1 aliphatic rings. The van der Waals surface area contributed by atoms with Crippen LogP contribution in [0.5, 0.6) is 0 Å². The number of nitrogens with two attached hydrogens (primary N) is 1. The number of primary amides is 1. The van der Waals surface area contributed by atoms with Crippen LogP contribution >= 0.6 is 0 Å². The fraction of sp³-hybridized carbons (Fsp3) is 0.467. The lowest BCUT2D eigenvalue weighted by atomic mass is 10.0. The van der Waals surface area contributed by atoms with Crippen LogP contribution in [0.3, 0.4) is 0 Å². The van der Waals surface area contributed by atoms with Gasteiger partial charge in [-0.25, -0.2) is 0 Å². The second-order valence-electron chi connectivity index (χ2n) is 5.90. The third-order valence-electron chi connectivity index (χ3n) is 3.76. The third kappa shape index (κ3) is 4.03. The molecule has 2 rings (SSSR count). The largest absolute Gasteiger partial charge is 0.366 e. The maximum atomic E-state index is 12.1. The number of benzene rings is 1. The molecule has 2 amide bonds. The van der Waals surface area contributed by atoms with Gasteiger partial charge in [-0.2, -0.15) is 0 Å². The van der Waals surface area contributed by atoms with Crippen molar-refractivity contribution in [2.45, 2.75) is 19.4 Å². The van der Waals surface area contributed by atoms with Crippen LogP contribution in [0.2, 0.25) is 0 Å². The molecule has 0 aliphatic carbocycles. The Morgan fingerprint density at radius 3 is 2.57 bits per heavy atom. The lowest BCUT2D eigenvalue weighted by Gasteiger charge is -2.42. The van der Waals surface area contributed by atoms with Gasteiger partial charge in [0.25, 0.3) is 0 Å². The molecule has 1 heterocycles. The van der Waals surface area contributed by atoms with Crippen molar-refractivity contribution in [3.63, 3.8) is 0 Å². The smallest absolute Gasteiger partial charge is 0.248 e. The summed E-state index contributed by atoms with van der Waals surface area (Å²) < 4.78 is 0. The van der Waals surface area contributed by atoms with E-state index in [9.17, 15) is 9.59 Å². The summed E-state index contributed by atoms with van der Waals surface area (Å²) in [5, 5.41) is 6.17. The van der Waals surface area contributed by atoms with Gasteiger partial charge in [-0.05, 0) is 38.1 Å². The van der Waals surface area contributed by atoms with E-state index in [0.29, 0.717) is 17.8 Å². The number of nitrogens with one attached hydrogen (secondary N) is 2. The van der Waals surface area contributed by atoms with Crippen LogP contribution in [0.25, 0.3) is 0 Å². The predicted octanol–water partition coefficient (Wildman–Crippen LogP) is 0.408. The maximum absolute atomic E-state index is 12.1. The molecule has 0 bridgehead atoms. The third-order valence-corrected chi connectivity index (χ3v) is 3.76. The van der Waals surface area contributed by atoms with Crippen LogP contribution in [0.4, 0.5) is 5.69 Å². The molecule has 114 valence electrons. The minimum atomic E-state index is -0.476. The number of hydrogen-bond acceptors (Lipinski definition) is 4. The van der Waals surface area contributed by atoms with Crippen molar-refractivity contribution >= 4 is 17.5 Å². The Kier molecular flexibility index (Phi) is 4.59. The molecular formula is C15H22N4O2. The maximum Gasteiger partial charge on any atom is 0.248 e. The summed E-state index contributed by atoms with van der Waals surface area (Å²) in [6.45, 7) is 7.20. The highest BCUT2D eigenvalue weighted by Crippen LogP contribution is 2.16. The van der Waals surface area contributed by atoms with Gasteiger partial charge in [-0.1, -0.05) is 0 Å². The number of carbonyl (C=O) groups is 2. The van der Waals surface area contributed by atoms with Crippen molar-refractivity contribution in [2.24, 2.45) is 5.73 Å². The van der Waals surface area contributed by atoms with Crippen LogP contribution in [0.15, 0.2) is 24.3 Å². The Morgan fingerprint density at radius 2 is 2.00 bits per heavy atom. The van der Waals surface area contributed by atoms with Gasteiger partial charge >= 0.3 is 0 Å². The highest BCUT2D eigenvalue weighted by Gasteiger charge is 2.30. The van der Waals surface area contributed by atoms with E-state index in [-0.39, 0.29) is 11.4 Å². The van der Waals surface area contributed by atoms with E-state index in [1.54, 1.807) is 24.3 Å². The van der Waals surface area contributed by atoms with Crippen molar-refractivity contribution in [1.82, 2.24) is 10.2 Å². The Balaban J connectivity index is 1.93. The summed E-state index contributed by atoms with van der Waals surface area (Å²) in [6.07, 6.45) is 0. The molecule has 21 heavy (non-hydrogen) atoms. The Hall–Kier alpha value is -1.92. The second kappa shape index (κ2) is 6.24. The molecule has 4 N–H and O–H groups in total. The zero-order valence-electron chi connectivity index (χ0n) is 12.5. The molecule has 1 aromatic carbocycles. The monoisotopic (exact) mass is 290 g/mol. The Labute approximate surface area is 124 Å². The van der Waals surface area contributed by atoms with E-state index < -0.39 is 5.91 Å². The summed E-state index contributed by atoms with van der Waals surface area (Å²) in [4.78, 5) is 25.3. The number of amides is 2. The molecule has 1 saturated heterocycles. The number of rotatable bonds is 4. The van der Waals surface area contributed by atoms with Gasteiger partial charge in [-0.15, -0.1) is 0 Å². The van der Waals surface area contributed by atoms with Gasteiger partial charge in [0, 0.05) is 36.4 Å². The number of carbonyl (C=O) groups excluding carboxylic acids is 2. The van der Waals surface area contributed by atoms with Crippen LogP contribution in [0.1, 0.15) is 24.2 Å². The molecular weight excluding hydrogens is 268 g/mol. The molecule has 1 fully saturated rings. The zero-order chi connectivity index (χ0) is 15.5. The molecule has 0 radical (unpaired) electrons. The van der Waals surface area contributed by atoms with Gasteiger partial charge in [0.05, 0.1) is 6.54 Å². The minimum absolute atomic E-state index is 0.0363. The van der Waals surface area contributed by atoms with Crippen molar-refractivity contribution in [3.05, 3.63) is 29.8 Å². The minimum Gasteiger partial charge on any atom is -0.366 e. The number of piperazine rings is 1. The first-order chi connectivity index (χ1) is 9.88. The van der Waals surface area contributed by atoms with E-state index in [1.807, 2.05) is 0 Å². The predicted molar refractivity (Wildman–Crippen MR) is 82.1 cm³/mol. The summed E-state index contributed by atoms with van der Waals surface area (Å²) >= 11 is 0. The number of nitrogens with zero attached hydrogens (tertiary/aromatic N) is 1. The van der Waals surface area contributed by atoms with Crippen molar-refractivity contribution in [3.8, 4) is 0 Å². The quantitative estimate of drug-likeness (QED) is 0.749. The summed E-state index contributed by atoms with van der Waals surface area (Å²) in [5.74, 6) is -0.535. The first kappa shape index (κ1) is 15.5. The van der Waals surface area contributed by atoms with Gasteiger partial charge in [0.2, 0.25) is 11.8 Å². The first-order valence-corrected chi connectivity index (χ1v) is 7.04. The zero-order valence-corrected chi connectivity index (χ0v) is 12.5. The molecule has 6 nitrogen and oxygen atoms in total. The van der Waals surface area contributed by atoms with Gasteiger partial charge in [-0.3, -0.25) is 14.5 Å². The second-order valence-corrected chi connectivity index (χ2v) is 5.90. The number of anilines is 1. The summed E-state index contributed by atoms with van der Waals surface area (Å²) in [6, 6.07) is 6.57. The Morgan fingerprint density at radius 1 is 1.33 bits per heavy atom. The molecule has 1 aromatic rings. The highest BCUT2D eigenvalue weighted by molar-refractivity contribution is 5.95. The number of hydrogen-bond donors (Lipinski definition) is 3. The normalized spacial score (nSPS) is 18.2. The lowest BCUT2D eigenvalue weighted by molar-refractivity contribution is -0.119. The average molecular weight is 290 g/mol. The SMILES string of the molecule is CC1(C)CNCCN1CC(=O)Nc1ccc(C(N)=O)cc1. The summed E-state index contributed by atoms with van der Waals surface area (Å²) in [7, 11) is 0. The molecule has 0 saturated carbocycles. The highest BCUT2D eigenvalue weighted by atomic mass is 16.2. The topological polar surface area (TPSA) is 87.5 Å². The van der Waals surface area contributed by atoms with E-state index in [2.05, 4.69) is 29.4 Å². The van der Waals surface area contributed by atoms with E-state index in [4.69, 9.17) is 5.73 Å². The van der Waals surface area contributed by atoms with Gasteiger partial charge in [0.15, 0.2) is 0 Å². The average Bonchev–Trinajstić information content (AvgIpc) is 2.41. The van der Waals surface area contributed by atoms with Crippen LogP contribution in [-0.2, 0) is 4.79 Å². The molecule has 0 atom stereocenters. The van der Waals surface area contributed by atoms with Crippen LogP contribution in [-0.4, -0.2) is 48.4 Å². The van der Waals surface area contributed by atoms with Crippen molar-refractivity contribution in [2.75, 3.05) is 31.5 Å². The van der Waals surface area contributed by atoms with E-state index in [1.165, 1.54) is 0 Å². The van der Waals surface area contributed by atoms with Crippen LogP contribution < -0.4 is 16.4 Å². The standard InChI is InChI=1S/C15H22N4O2/c1-15(2)10-17-7-8-19(15)9-13(20)18-12-5-3-11(4-6-12)14(16)21/h3-6,17H,7-10H2,1-2H3,(H2,16,21)(H,18,20). The fourth-order valence-corrected chi connectivity index (χ4v) is 2.41. The summed E-state index contributed by atoms with van der Waals surface area (Å²) in [5.41, 5.74) is 6.24. The van der Waals surface area contributed by atoms with E-state index in [0.717, 1.165) is 19.6 Å². The van der Waals surface area contributed by atoms with Crippen molar-refractivity contribution < 1.29 is 9.59 Å².